The van der Waals surface area contributed by atoms with E-state index in [1.54, 1.807) is 11.4 Å². The van der Waals surface area contributed by atoms with Crippen LogP contribution in [0.25, 0.3) is 0 Å². The lowest BCUT2D eigenvalue weighted by atomic mass is 9.96. The fourth-order valence-electron chi connectivity index (χ4n) is 2.10. The number of nitrogens with one attached hydrogen (secondary N) is 2. The Kier molecular flexibility index (Phi) is 7.28. The average molecular weight is 390 g/mol. The Hall–Kier alpha value is 0.340. The summed E-state index contributed by atoms with van der Waals surface area (Å²) in [6.45, 7) is 2.60. The smallest absolute Gasteiger partial charge is 0.251 e. The lowest BCUT2D eigenvalue weighted by Gasteiger charge is -2.22. The quantitative estimate of drug-likeness (QED) is 0.814. The van der Waals surface area contributed by atoms with Gasteiger partial charge in [-0.15, -0.1) is 23.7 Å². The molecule has 0 saturated carbocycles. The van der Waals surface area contributed by atoms with Gasteiger partial charge in [-0.25, -0.2) is 13.1 Å². The summed E-state index contributed by atoms with van der Waals surface area (Å²) in [5.74, 6) is 0.591. The molecular formula is C11H18BrClN2O2S2. The zero-order valence-electron chi connectivity index (χ0n) is 10.4. The molecule has 1 fully saturated rings. The number of rotatable bonds is 5. The first-order chi connectivity index (χ1) is 8.59. The molecular weight excluding hydrogens is 372 g/mol. The molecule has 8 heteroatoms. The number of hydrogen-bond acceptors (Lipinski definition) is 4. The van der Waals surface area contributed by atoms with Crippen molar-refractivity contribution >= 4 is 49.7 Å². The van der Waals surface area contributed by atoms with Crippen LogP contribution in [-0.2, 0) is 10.0 Å². The molecule has 0 bridgehead atoms. The average Bonchev–Trinajstić information content (AvgIpc) is 2.77. The van der Waals surface area contributed by atoms with E-state index in [2.05, 4.69) is 26.0 Å². The zero-order valence-corrected chi connectivity index (χ0v) is 14.4. The second-order valence-corrected chi connectivity index (χ2v) is 8.19. The Morgan fingerprint density at radius 3 is 2.89 bits per heavy atom. The predicted octanol–water partition coefficient (Wildman–Crippen LogP) is 2.60. The number of thiophene rings is 1. The summed E-state index contributed by atoms with van der Waals surface area (Å²) < 4.78 is 27.7. The summed E-state index contributed by atoms with van der Waals surface area (Å²) in [6.07, 6.45) is 3.28. The monoisotopic (exact) mass is 388 g/mol. The topological polar surface area (TPSA) is 58.2 Å². The first kappa shape index (κ1) is 17.4. The van der Waals surface area contributed by atoms with E-state index in [-0.39, 0.29) is 12.4 Å². The van der Waals surface area contributed by atoms with Crippen molar-refractivity contribution in [3.63, 3.8) is 0 Å². The van der Waals surface area contributed by atoms with Crippen molar-refractivity contribution in [3.05, 3.63) is 15.9 Å². The molecule has 1 aromatic heterocycles. The first-order valence-electron chi connectivity index (χ1n) is 6.03. The van der Waals surface area contributed by atoms with Crippen LogP contribution in [0.5, 0.6) is 0 Å². The molecule has 19 heavy (non-hydrogen) atoms. The molecule has 1 unspecified atom stereocenters. The van der Waals surface area contributed by atoms with Gasteiger partial charge in [0.25, 0.3) is 10.0 Å². The van der Waals surface area contributed by atoms with Crippen LogP contribution in [0.15, 0.2) is 20.1 Å². The van der Waals surface area contributed by atoms with Gasteiger partial charge in [0.15, 0.2) is 0 Å². The minimum Gasteiger partial charge on any atom is -0.316 e. The lowest BCUT2D eigenvalue weighted by Crippen LogP contribution is -2.33. The van der Waals surface area contributed by atoms with E-state index in [0.717, 1.165) is 19.5 Å². The van der Waals surface area contributed by atoms with Crippen molar-refractivity contribution in [3.8, 4) is 0 Å². The fraction of sp³-hybridized carbons (Fsp3) is 0.636. The maximum Gasteiger partial charge on any atom is 0.251 e. The molecule has 4 nitrogen and oxygen atoms in total. The van der Waals surface area contributed by atoms with Crippen LogP contribution in [0, 0.1) is 5.92 Å². The highest BCUT2D eigenvalue weighted by Gasteiger charge is 2.19. The van der Waals surface area contributed by atoms with E-state index in [9.17, 15) is 8.42 Å². The van der Waals surface area contributed by atoms with Crippen molar-refractivity contribution in [2.24, 2.45) is 5.92 Å². The minimum atomic E-state index is -3.35. The van der Waals surface area contributed by atoms with E-state index in [1.165, 1.54) is 24.2 Å². The molecule has 2 N–H and O–H groups in total. The van der Waals surface area contributed by atoms with Crippen molar-refractivity contribution in [1.82, 2.24) is 10.0 Å². The number of hydrogen-bond donors (Lipinski definition) is 2. The Morgan fingerprint density at radius 2 is 2.32 bits per heavy atom. The molecule has 1 saturated heterocycles. The molecule has 0 radical (unpaired) electrons. The Balaban J connectivity index is 0.00000180. The molecule has 0 spiro atoms. The lowest BCUT2D eigenvalue weighted by molar-refractivity contribution is 0.358. The van der Waals surface area contributed by atoms with Gasteiger partial charge in [-0.3, -0.25) is 0 Å². The van der Waals surface area contributed by atoms with Crippen molar-refractivity contribution in [2.75, 3.05) is 19.6 Å². The molecule has 0 aliphatic carbocycles. The Morgan fingerprint density at radius 1 is 1.53 bits per heavy atom. The van der Waals surface area contributed by atoms with Gasteiger partial charge in [-0.1, -0.05) is 0 Å². The van der Waals surface area contributed by atoms with Crippen molar-refractivity contribution < 1.29 is 8.42 Å². The van der Waals surface area contributed by atoms with Gasteiger partial charge in [-0.2, -0.15) is 0 Å². The summed E-state index contributed by atoms with van der Waals surface area (Å²) in [4.78, 5) is 0. The third-order valence-corrected chi connectivity index (χ3v) is 7.20. The number of piperidine rings is 1. The van der Waals surface area contributed by atoms with E-state index in [0.29, 0.717) is 21.1 Å². The van der Waals surface area contributed by atoms with E-state index < -0.39 is 10.0 Å². The second kappa shape index (κ2) is 7.95. The largest absolute Gasteiger partial charge is 0.316 e. The van der Waals surface area contributed by atoms with Gasteiger partial charge in [-0.05, 0) is 65.6 Å². The molecule has 0 amide bonds. The summed E-state index contributed by atoms with van der Waals surface area (Å²) in [5, 5.41) is 5.10. The third-order valence-electron chi connectivity index (χ3n) is 3.07. The summed E-state index contributed by atoms with van der Waals surface area (Å²) >= 11 is 4.48. The van der Waals surface area contributed by atoms with Gasteiger partial charge >= 0.3 is 0 Å². The third kappa shape index (κ3) is 4.99. The summed E-state index contributed by atoms with van der Waals surface area (Å²) in [6, 6.07) is 1.75. The molecule has 1 aliphatic rings. The standard InChI is InChI=1S/C11H17BrN2O2S2.ClH/c12-10-4-7-17-11(10)18(15,16)14-6-3-9-2-1-5-13-8-9;/h4,7,9,13-14H,1-3,5-6,8H2;1H. The second-order valence-electron chi connectivity index (χ2n) is 4.45. The highest BCUT2D eigenvalue weighted by atomic mass is 79.9. The molecule has 110 valence electrons. The maximum atomic E-state index is 12.0. The Labute approximate surface area is 133 Å². The van der Waals surface area contributed by atoms with Crippen molar-refractivity contribution in [2.45, 2.75) is 23.5 Å². The van der Waals surface area contributed by atoms with Crippen LogP contribution in [0.2, 0.25) is 0 Å². The normalized spacial score (nSPS) is 19.9. The predicted molar refractivity (Wildman–Crippen MR) is 84.7 cm³/mol. The zero-order chi connectivity index (χ0) is 13.0. The summed E-state index contributed by atoms with van der Waals surface area (Å²) in [7, 11) is -3.35. The fourth-order valence-corrected chi connectivity index (χ4v) is 5.53. The SMILES string of the molecule is Cl.O=S(=O)(NCCC1CCCNC1)c1sccc1Br. The van der Waals surface area contributed by atoms with E-state index >= 15 is 0 Å². The highest BCUT2D eigenvalue weighted by molar-refractivity contribution is 9.10. The molecule has 0 aromatic carbocycles. The summed E-state index contributed by atoms with van der Waals surface area (Å²) in [5.41, 5.74) is 0. The van der Waals surface area contributed by atoms with Gasteiger partial charge < -0.3 is 5.32 Å². The van der Waals surface area contributed by atoms with E-state index in [4.69, 9.17) is 0 Å². The van der Waals surface area contributed by atoms with Gasteiger partial charge in [0.1, 0.15) is 4.21 Å². The first-order valence-corrected chi connectivity index (χ1v) is 9.18. The molecule has 1 atom stereocenters. The van der Waals surface area contributed by atoms with Crippen LogP contribution < -0.4 is 10.0 Å². The van der Waals surface area contributed by atoms with Crippen LogP contribution in [0.3, 0.4) is 0 Å². The van der Waals surface area contributed by atoms with E-state index in [1.807, 2.05) is 0 Å². The van der Waals surface area contributed by atoms with Crippen LogP contribution >= 0.6 is 39.7 Å². The van der Waals surface area contributed by atoms with Gasteiger partial charge in [0, 0.05) is 11.0 Å². The van der Waals surface area contributed by atoms with Crippen LogP contribution in [0.1, 0.15) is 19.3 Å². The van der Waals surface area contributed by atoms with Crippen molar-refractivity contribution in [1.29, 1.82) is 0 Å². The van der Waals surface area contributed by atoms with Gasteiger partial charge in [0.2, 0.25) is 0 Å². The Bertz CT molecular complexity index is 487. The van der Waals surface area contributed by atoms with Crippen LogP contribution in [-0.4, -0.2) is 28.1 Å². The number of sulfonamides is 1. The minimum absolute atomic E-state index is 0. The number of halogens is 2. The molecule has 2 rings (SSSR count). The molecule has 1 aromatic rings. The highest BCUT2D eigenvalue weighted by Crippen LogP contribution is 2.27. The molecule has 1 aliphatic heterocycles. The maximum absolute atomic E-state index is 12.0. The molecule has 2 heterocycles. The van der Waals surface area contributed by atoms with Crippen LogP contribution in [0.4, 0.5) is 0 Å². The van der Waals surface area contributed by atoms with Gasteiger partial charge in [0.05, 0.1) is 0 Å².